The van der Waals surface area contributed by atoms with Gasteiger partial charge in [0, 0.05) is 17.8 Å². The maximum atomic E-state index is 4.31. The Hall–Kier alpha value is 0.310. The Morgan fingerprint density at radius 2 is 2.10 bits per heavy atom. The van der Waals surface area contributed by atoms with Crippen LogP contribution < -0.4 is 5.32 Å². The van der Waals surface area contributed by atoms with E-state index in [4.69, 9.17) is 0 Å². The normalized spacial score (nSPS) is 23.4. The Balaban J connectivity index is 2.01. The van der Waals surface area contributed by atoms with Crippen molar-refractivity contribution < 1.29 is 0 Å². The smallest absolute Gasteiger partial charge is 0.0114 e. The van der Waals surface area contributed by atoms with E-state index in [0.717, 1.165) is 12.6 Å². The van der Waals surface area contributed by atoms with Gasteiger partial charge in [-0.05, 0) is 12.8 Å². The van der Waals surface area contributed by atoms with E-state index in [2.05, 4.69) is 24.9 Å². The molecule has 0 bridgehead atoms. The van der Waals surface area contributed by atoms with Gasteiger partial charge in [-0.25, -0.2) is 0 Å². The van der Waals surface area contributed by atoms with Crippen LogP contribution in [0.2, 0.25) is 0 Å². The zero-order valence-electron chi connectivity index (χ0n) is 6.64. The molecule has 0 aliphatic heterocycles. The summed E-state index contributed by atoms with van der Waals surface area (Å²) in [4.78, 5) is 0. The molecule has 0 aromatic carbocycles. The number of hydrogen-bond acceptors (Lipinski definition) is 2. The number of hydrogen-bond donors (Lipinski definition) is 2. The van der Waals surface area contributed by atoms with Crippen molar-refractivity contribution in [2.75, 3.05) is 6.54 Å². The third-order valence-electron chi connectivity index (χ3n) is 2.06. The van der Waals surface area contributed by atoms with Crippen molar-refractivity contribution in [2.24, 2.45) is 0 Å². The molecule has 2 heteroatoms. The van der Waals surface area contributed by atoms with Crippen LogP contribution in [0.1, 0.15) is 32.6 Å². The first kappa shape index (κ1) is 8.41. The van der Waals surface area contributed by atoms with Crippen LogP contribution in [0, 0.1) is 0 Å². The van der Waals surface area contributed by atoms with Crippen LogP contribution in [0.5, 0.6) is 0 Å². The van der Waals surface area contributed by atoms with E-state index in [0.29, 0.717) is 5.25 Å². The maximum Gasteiger partial charge on any atom is 0.0114 e. The lowest BCUT2D eigenvalue weighted by Gasteiger charge is -2.12. The molecule has 10 heavy (non-hydrogen) atoms. The zero-order chi connectivity index (χ0) is 7.40. The summed E-state index contributed by atoms with van der Waals surface area (Å²) in [5.74, 6) is 0. The van der Waals surface area contributed by atoms with Crippen LogP contribution in [0.15, 0.2) is 0 Å². The average Bonchev–Trinajstić information content (AvgIpc) is 2.34. The van der Waals surface area contributed by atoms with Crippen molar-refractivity contribution in [2.45, 2.75) is 43.9 Å². The van der Waals surface area contributed by atoms with Gasteiger partial charge in [0.15, 0.2) is 0 Å². The Morgan fingerprint density at radius 1 is 1.50 bits per heavy atom. The van der Waals surface area contributed by atoms with E-state index in [9.17, 15) is 0 Å². The summed E-state index contributed by atoms with van der Waals surface area (Å²) >= 11 is 4.31. The van der Waals surface area contributed by atoms with Crippen LogP contribution in [-0.2, 0) is 0 Å². The van der Waals surface area contributed by atoms with E-state index in [1.807, 2.05) is 0 Å². The predicted octanol–water partition coefficient (Wildman–Crippen LogP) is 1.84. The van der Waals surface area contributed by atoms with Gasteiger partial charge >= 0.3 is 0 Å². The highest BCUT2D eigenvalue weighted by Gasteiger charge is 2.13. The van der Waals surface area contributed by atoms with Gasteiger partial charge in [-0.1, -0.05) is 19.8 Å². The molecule has 1 aliphatic rings. The van der Waals surface area contributed by atoms with Crippen LogP contribution in [0.4, 0.5) is 0 Å². The molecule has 1 fully saturated rings. The predicted molar refractivity (Wildman–Crippen MR) is 48.7 cm³/mol. The molecule has 1 N–H and O–H groups in total. The molecule has 0 radical (unpaired) electrons. The van der Waals surface area contributed by atoms with E-state index in [-0.39, 0.29) is 0 Å². The van der Waals surface area contributed by atoms with Gasteiger partial charge in [-0.15, -0.1) is 0 Å². The minimum absolute atomic E-state index is 0.501. The van der Waals surface area contributed by atoms with E-state index < -0.39 is 0 Å². The third-order valence-corrected chi connectivity index (χ3v) is 2.24. The van der Waals surface area contributed by atoms with Gasteiger partial charge < -0.3 is 5.32 Å². The summed E-state index contributed by atoms with van der Waals surface area (Å²) in [6.07, 6.45) is 5.58. The molecule has 1 saturated carbocycles. The monoisotopic (exact) mass is 159 g/mol. The highest BCUT2D eigenvalue weighted by atomic mass is 32.1. The summed E-state index contributed by atoms with van der Waals surface area (Å²) in [5, 5.41) is 4.01. The summed E-state index contributed by atoms with van der Waals surface area (Å²) in [5.41, 5.74) is 0. The largest absolute Gasteiger partial charge is 0.313 e. The zero-order valence-corrected chi connectivity index (χ0v) is 7.53. The van der Waals surface area contributed by atoms with Gasteiger partial charge in [-0.2, -0.15) is 12.6 Å². The molecule has 1 unspecified atom stereocenters. The van der Waals surface area contributed by atoms with Gasteiger partial charge in [0.1, 0.15) is 0 Å². The van der Waals surface area contributed by atoms with Gasteiger partial charge in [0.25, 0.3) is 0 Å². The van der Waals surface area contributed by atoms with Crippen molar-refractivity contribution in [3.63, 3.8) is 0 Å². The van der Waals surface area contributed by atoms with Crippen molar-refractivity contribution in [3.05, 3.63) is 0 Å². The van der Waals surface area contributed by atoms with Crippen LogP contribution in [0.25, 0.3) is 0 Å². The molecular formula is C8H17NS. The van der Waals surface area contributed by atoms with E-state index in [1.54, 1.807) is 0 Å². The number of nitrogens with one attached hydrogen (secondary N) is 1. The Morgan fingerprint density at radius 3 is 2.60 bits per heavy atom. The molecule has 0 aromatic heterocycles. The minimum atomic E-state index is 0.501. The number of thiol groups is 1. The second kappa shape index (κ2) is 4.24. The summed E-state index contributed by atoms with van der Waals surface area (Å²) in [6.45, 7) is 3.19. The van der Waals surface area contributed by atoms with Gasteiger partial charge in [-0.3, -0.25) is 0 Å². The summed E-state index contributed by atoms with van der Waals surface area (Å²) < 4.78 is 0. The molecule has 1 aliphatic carbocycles. The van der Waals surface area contributed by atoms with Crippen molar-refractivity contribution in [1.82, 2.24) is 5.32 Å². The number of rotatable bonds is 3. The lowest BCUT2D eigenvalue weighted by atomic mass is 10.2. The molecule has 1 atom stereocenters. The van der Waals surface area contributed by atoms with E-state index in [1.165, 1.54) is 25.7 Å². The lowest BCUT2D eigenvalue weighted by molar-refractivity contribution is 0.528. The molecular weight excluding hydrogens is 142 g/mol. The molecule has 1 rings (SSSR count). The van der Waals surface area contributed by atoms with Crippen molar-refractivity contribution in [1.29, 1.82) is 0 Å². The molecule has 0 spiro atoms. The molecule has 0 saturated heterocycles. The van der Waals surface area contributed by atoms with E-state index >= 15 is 0 Å². The molecule has 0 heterocycles. The fourth-order valence-electron chi connectivity index (χ4n) is 1.47. The minimum Gasteiger partial charge on any atom is -0.313 e. The average molecular weight is 159 g/mol. The Kier molecular flexibility index (Phi) is 3.57. The summed E-state index contributed by atoms with van der Waals surface area (Å²) in [6, 6.07) is 0.801. The summed E-state index contributed by atoms with van der Waals surface area (Å²) in [7, 11) is 0. The molecule has 0 amide bonds. The fourth-order valence-corrected chi connectivity index (χ4v) is 1.57. The molecule has 60 valence electrons. The first-order chi connectivity index (χ1) is 4.79. The topological polar surface area (TPSA) is 12.0 Å². The standard InChI is InChI=1S/C8H17NS/c1-7(10)6-9-8-4-2-3-5-8/h7-10H,2-6H2,1H3. The quantitative estimate of drug-likeness (QED) is 0.599. The second-order valence-corrected chi connectivity index (χ2v) is 4.12. The highest BCUT2D eigenvalue weighted by Crippen LogP contribution is 2.17. The maximum absolute atomic E-state index is 4.31. The third kappa shape index (κ3) is 2.93. The van der Waals surface area contributed by atoms with Crippen LogP contribution in [0.3, 0.4) is 0 Å². The van der Waals surface area contributed by atoms with Crippen molar-refractivity contribution >= 4 is 12.6 Å². The van der Waals surface area contributed by atoms with Crippen LogP contribution >= 0.6 is 12.6 Å². The lowest BCUT2D eigenvalue weighted by Crippen LogP contribution is -2.30. The van der Waals surface area contributed by atoms with Crippen molar-refractivity contribution in [3.8, 4) is 0 Å². The molecule has 0 aromatic rings. The Labute approximate surface area is 69.0 Å². The molecule has 1 nitrogen and oxygen atoms in total. The van der Waals surface area contributed by atoms with Gasteiger partial charge in [0.05, 0.1) is 0 Å². The first-order valence-electron chi connectivity index (χ1n) is 4.20. The Bertz CT molecular complexity index is 87.3. The highest BCUT2D eigenvalue weighted by molar-refractivity contribution is 7.80. The van der Waals surface area contributed by atoms with Crippen LogP contribution in [-0.4, -0.2) is 17.8 Å². The SMILES string of the molecule is CC(S)CNC1CCCC1. The van der Waals surface area contributed by atoms with Gasteiger partial charge in [0.2, 0.25) is 0 Å². The first-order valence-corrected chi connectivity index (χ1v) is 4.72. The second-order valence-electron chi connectivity index (χ2n) is 3.24. The fraction of sp³-hybridized carbons (Fsp3) is 1.00.